The molecule has 0 aliphatic carbocycles. The van der Waals surface area contributed by atoms with E-state index in [2.05, 4.69) is 36.3 Å². The molecule has 1 N–H and O–H groups in total. The Morgan fingerprint density at radius 2 is 2.29 bits per heavy atom. The van der Waals surface area contributed by atoms with E-state index in [1.807, 2.05) is 12.5 Å². The maximum absolute atomic E-state index is 4.35. The largest absolute Gasteiger partial charge is 0.310 e. The van der Waals surface area contributed by atoms with Gasteiger partial charge in [0.05, 0.1) is 5.03 Å². The molecular weight excluding hydrogens is 192 g/mol. The fraction of sp³-hybridized carbons (Fsp3) is 0.545. The van der Waals surface area contributed by atoms with Gasteiger partial charge in [0.2, 0.25) is 0 Å². The molecule has 0 aromatic carbocycles. The smallest absolute Gasteiger partial charge is 0.0957 e. The van der Waals surface area contributed by atoms with Crippen LogP contribution in [0.2, 0.25) is 0 Å². The zero-order valence-electron chi connectivity index (χ0n) is 9.08. The van der Waals surface area contributed by atoms with E-state index in [-0.39, 0.29) is 0 Å². The van der Waals surface area contributed by atoms with Crippen molar-refractivity contribution >= 4 is 11.8 Å². The van der Waals surface area contributed by atoms with Gasteiger partial charge < -0.3 is 5.32 Å². The number of thioether (sulfide) groups is 1. The standard InChI is InChI=1S/C11H18N2S/c1-4-7-12-9(2)10-5-6-11(14-3)13-8-10/h5-6,8-9,12H,4,7H2,1-3H3. The van der Waals surface area contributed by atoms with Crippen molar-refractivity contribution in [2.45, 2.75) is 31.3 Å². The van der Waals surface area contributed by atoms with Crippen LogP contribution in [-0.4, -0.2) is 17.8 Å². The lowest BCUT2D eigenvalue weighted by Crippen LogP contribution is -2.19. The molecule has 3 heteroatoms. The van der Waals surface area contributed by atoms with Crippen LogP contribution in [0.5, 0.6) is 0 Å². The van der Waals surface area contributed by atoms with E-state index < -0.39 is 0 Å². The van der Waals surface area contributed by atoms with Gasteiger partial charge in [-0.25, -0.2) is 4.98 Å². The summed E-state index contributed by atoms with van der Waals surface area (Å²) in [6.07, 6.45) is 5.17. The van der Waals surface area contributed by atoms with Crippen LogP contribution >= 0.6 is 11.8 Å². The van der Waals surface area contributed by atoms with Crippen LogP contribution in [0.25, 0.3) is 0 Å². The van der Waals surface area contributed by atoms with Crippen molar-refractivity contribution in [1.29, 1.82) is 0 Å². The lowest BCUT2D eigenvalue weighted by molar-refractivity contribution is 0.568. The van der Waals surface area contributed by atoms with E-state index in [0.29, 0.717) is 6.04 Å². The Bertz CT molecular complexity index is 258. The first-order valence-electron chi connectivity index (χ1n) is 5.01. The van der Waals surface area contributed by atoms with Gasteiger partial charge in [0.1, 0.15) is 0 Å². The summed E-state index contributed by atoms with van der Waals surface area (Å²) in [5.41, 5.74) is 1.26. The Hall–Kier alpha value is -0.540. The maximum atomic E-state index is 4.35. The highest BCUT2D eigenvalue weighted by atomic mass is 32.2. The van der Waals surface area contributed by atoms with Crippen molar-refractivity contribution < 1.29 is 0 Å². The zero-order valence-corrected chi connectivity index (χ0v) is 9.90. The second kappa shape index (κ2) is 6.04. The van der Waals surface area contributed by atoms with Crippen LogP contribution in [0.15, 0.2) is 23.4 Å². The van der Waals surface area contributed by atoms with Gasteiger partial charge in [0, 0.05) is 12.2 Å². The van der Waals surface area contributed by atoms with Crippen molar-refractivity contribution in [3.05, 3.63) is 23.9 Å². The second-order valence-corrected chi connectivity index (χ2v) is 4.14. The second-order valence-electron chi connectivity index (χ2n) is 3.31. The monoisotopic (exact) mass is 210 g/mol. The molecule has 2 nitrogen and oxygen atoms in total. The average molecular weight is 210 g/mol. The summed E-state index contributed by atoms with van der Waals surface area (Å²) in [6, 6.07) is 4.62. The van der Waals surface area contributed by atoms with E-state index in [1.54, 1.807) is 11.8 Å². The van der Waals surface area contributed by atoms with Gasteiger partial charge >= 0.3 is 0 Å². The van der Waals surface area contributed by atoms with Gasteiger partial charge in [-0.15, -0.1) is 11.8 Å². The predicted octanol–water partition coefficient (Wildman–Crippen LogP) is 2.86. The Labute approximate surface area is 90.5 Å². The van der Waals surface area contributed by atoms with Gasteiger partial charge in [0.15, 0.2) is 0 Å². The predicted molar refractivity (Wildman–Crippen MR) is 62.7 cm³/mol. The summed E-state index contributed by atoms with van der Waals surface area (Å²) >= 11 is 1.68. The Morgan fingerprint density at radius 1 is 1.50 bits per heavy atom. The lowest BCUT2D eigenvalue weighted by Gasteiger charge is -2.13. The minimum atomic E-state index is 0.401. The Balaban J connectivity index is 2.57. The van der Waals surface area contributed by atoms with Crippen molar-refractivity contribution in [2.75, 3.05) is 12.8 Å². The molecule has 0 radical (unpaired) electrons. The highest BCUT2D eigenvalue weighted by Gasteiger charge is 2.03. The topological polar surface area (TPSA) is 24.9 Å². The Morgan fingerprint density at radius 3 is 2.79 bits per heavy atom. The minimum absolute atomic E-state index is 0.401. The van der Waals surface area contributed by atoms with Crippen LogP contribution in [0, 0.1) is 0 Å². The summed E-state index contributed by atoms with van der Waals surface area (Å²) in [5.74, 6) is 0. The summed E-state index contributed by atoms with van der Waals surface area (Å²) in [6.45, 7) is 5.41. The fourth-order valence-electron chi connectivity index (χ4n) is 1.25. The molecule has 14 heavy (non-hydrogen) atoms. The molecule has 0 amide bonds. The number of hydrogen-bond donors (Lipinski definition) is 1. The number of rotatable bonds is 5. The lowest BCUT2D eigenvalue weighted by atomic mass is 10.1. The fourth-order valence-corrected chi connectivity index (χ4v) is 1.61. The third-order valence-corrected chi connectivity index (χ3v) is 2.83. The van der Waals surface area contributed by atoms with E-state index >= 15 is 0 Å². The molecule has 1 unspecified atom stereocenters. The minimum Gasteiger partial charge on any atom is -0.310 e. The number of aromatic nitrogens is 1. The molecule has 1 atom stereocenters. The van der Waals surface area contributed by atoms with E-state index in [0.717, 1.165) is 11.6 Å². The molecule has 0 spiro atoms. The zero-order chi connectivity index (χ0) is 10.4. The summed E-state index contributed by atoms with van der Waals surface area (Å²) in [5, 5.41) is 4.52. The molecule has 0 saturated heterocycles. The van der Waals surface area contributed by atoms with Gasteiger partial charge in [-0.2, -0.15) is 0 Å². The van der Waals surface area contributed by atoms with Gasteiger partial charge in [0.25, 0.3) is 0 Å². The molecule has 1 aromatic heterocycles. The molecule has 1 aromatic rings. The van der Waals surface area contributed by atoms with E-state index in [9.17, 15) is 0 Å². The van der Waals surface area contributed by atoms with Gasteiger partial charge in [-0.3, -0.25) is 0 Å². The first-order chi connectivity index (χ1) is 6.77. The van der Waals surface area contributed by atoms with Crippen LogP contribution in [0.1, 0.15) is 31.9 Å². The van der Waals surface area contributed by atoms with Crippen LogP contribution in [-0.2, 0) is 0 Å². The summed E-state index contributed by atoms with van der Waals surface area (Å²) in [4.78, 5) is 4.35. The van der Waals surface area contributed by atoms with Gasteiger partial charge in [-0.05, 0) is 37.8 Å². The van der Waals surface area contributed by atoms with Crippen molar-refractivity contribution in [2.24, 2.45) is 0 Å². The van der Waals surface area contributed by atoms with Gasteiger partial charge in [-0.1, -0.05) is 13.0 Å². The maximum Gasteiger partial charge on any atom is 0.0957 e. The molecule has 1 rings (SSSR count). The Kier molecular flexibility index (Phi) is 4.98. The summed E-state index contributed by atoms with van der Waals surface area (Å²) < 4.78 is 0. The molecule has 78 valence electrons. The number of hydrogen-bond acceptors (Lipinski definition) is 3. The van der Waals surface area contributed by atoms with Crippen LogP contribution in [0.3, 0.4) is 0 Å². The molecule has 0 saturated carbocycles. The van der Waals surface area contributed by atoms with Crippen molar-refractivity contribution in [1.82, 2.24) is 10.3 Å². The van der Waals surface area contributed by atoms with E-state index in [1.165, 1.54) is 12.0 Å². The summed E-state index contributed by atoms with van der Waals surface area (Å²) in [7, 11) is 0. The molecule has 1 heterocycles. The molecule has 0 aliphatic rings. The van der Waals surface area contributed by atoms with Crippen molar-refractivity contribution in [3.8, 4) is 0 Å². The first kappa shape index (κ1) is 11.5. The van der Waals surface area contributed by atoms with E-state index in [4.69, 9.17) is 0 Å². The van der Waals surface area contributed by atoms with Crippen molar-refractivity contribution in [3.63, 3.8) is 0 Å². The number of nitrogens with one attached hydrogen (secondary N) is 1. The average Bonchev–Trinajstić information content (AvgIpc) is 2.26. The molecule has 0 aliphatic heterocycles. The quantitative estimate of drug-likeness (QED) is 0.756. The third kappa shape index (κ3) is 3.31. The highest BCUT2D eigenvalue weighted by molar-refractivity contribution is 7.98. The highest BCUT2D eigenvalue weighted by Crippen LogP contribution is 2.15. The molecular formula is C11H18N2S. The van der Waals surface area contributed by atoms with Crippen LogP contribution < -0.4 is 5.32 Å². The number of nitrogens with zero attached hydrogens (tertiary/aromatic N) is 1. The first-order valence-corrected chi connectivity index (χ1v) is 6.23. The van der Waals surface area contributed by atoms with Crippen LogP contribution in [0.4, 0.5) is 0 Å². The third-order valence-electron chi connectivity index (χ3n) is 2.17. The normalized spacial score (nSPS) is 12.8. The number of pyridine rings is 1. The molecule has 0 fully saturated rings. The molecule has 0 bridgehead atoms. The SMILES string of the molecule is CCCNC(C)c1ccc(SC)nc1.